The topological polar surface area (TPSA) is 143 Å². The van der Waals surface area contributed by atoms with Crippen LogP contribution in [0.15, 0.2) is 30.7 Å². The van der Waals surface area contributed by atoms with Crippen molar-refractivity contribution in [3.05, 3.63) is 42.0 Å². The second kappa shape index (κ2) is 12.2. The largest absolute Gasteiger partial charge is 0.504 e. The van der Waals surface area contributed by atoms with Gasteiger partial charge in [-0.1, -0.05) is 6.07 Å². The monoisotopic (exact) mass is 432 g/mol. The van der Waals surface area contributed by atoms with Gasteiger partial charge in [0.1, 0.15) is 6.04 Å². The summed E-state index contributed by atoms with van der Waals surface area (Å²) in [5.74, 6) is -0.573. The summed E-state index contributed by atoms with van der Waals surface area (Å²) in [4.78, 5) is 42.8. The Morgan fingerprint density at radius 1 is 1.19 bits per heavy atom. The molecule has 1 aromatic heterocycles. The second-order valence-electron chi connectivity index (χ2n) is 6.88. The van der Waals surface area contributed by atoms with Crippen LogP contribution >= 0.6 is 0 Å². The minimum absolute atomic E-state index is 0.0491. The molecule has 10 heteroatoms. The van der Waals surface area contributed by atoms with E-state index in [2.05, 4.69) is 20.6 Å². The maximum absolute atomic E-state index is 12.2. The fourth-order valence-corrected chi connectivity index (χ4v) is 2.92. The van der Waals surface area contributed by atoms with E-state index in [0.717, 1.165) is 5.56 Å². The molecular weight excluding hydrogens is 404 g/mol. The average Bonchev–Trinajstić information content (AvgIpc) is 3.28. The lowest BCUT2D eigenvalue weighted by atomic mass is 10.1. The first-order chi connectivity index (χ1) is 14.9. The molecule has 1 unspecified atom stereocenters. The van der Waals surface area contributed by atoms with Gasteiger partial charge in [-0.2, -0.15) is 0 Å². The lowest BCUT2D eigenvalue weighted by Crippen LogP contribution is -2.43. The zero-order valence-corrected chi connectivity index (χ0v) is 17.6. The molecule has 1 aromatic carbocycles. The van der Waals surface area contributed by atoms with Crippen LogP contribution in [0, 0.1) is 0 Å². The van der Waals surface area contributed by atoms with Crippen molar-refractivity contribution in [1.29, 1.82) is 0 Å². The highest BCUT2D eigenvalue weighted by molar-refractivity contribution is 5.84. The number of phenols is 1. The number of aromatic hydroxyl groups is 1. The molecule has 31 heavy (non-hydrogen) atoms. The number of carbonyl (C=O) groups excluding carboxylic acids is 3. The normalized spacial score (nSPS) is 11.4. The number of H-pyrrole nitrogens is 1. The lowest BCUT2D eigenvalue weighted by Gasteiger charge is -2.15. The molecule has 168 valence electrons. The molecule has 0 bridgehead atoms. The molecule has 2 rings (SSSR count). The van der Waals surface area contributed by atoms with Gasteiger partial charge < -0.3 is 30.2 Å². The molecule has 2 aromatic rings. The fourth-order valence-electron chi connectivity index (χ4n) is 2.92. The number of hydrogen-bond acceptors (Lipinski definition) is 7. The van der Waals surface area contributed by atoms with Gasteiger partial charge in [0.05, 0.1) is 20.5 Å². The summed E-state index contributed by atoms with van der Waals surface area (Å²) in [6, 6.07) is 4.14. The number of amides is 2. The Balaban J connectivity index is 1.67. The summed E-state index contributed by atoms with van der Waals surface area (Å²) in [6.45, 7) is 0.342. The molecule has 0 aliphatic carbocycles. The number of rotatable bonds is 12. The Labute approximate surface area is 180 Å². The standard InChI is InChI=1S/C21H28N4O6/c1-30-18-10-14(5-7-17(18)26)6-8-19(27)23-9-3-4-20(28)25-16(21(29)31-2)11-15-12-22-13-24-15/h5,7,10,12-13,16,26H,3-4,6,8-9,11H2,1-2H3,(H,22,24)(H,23,27)(H,25,28). The van der Waals surface area contributed by atoms with E-state index in [1.807, 2.05) is 0 Å². The number of methoxy groups -OCH3 is 2. The van der Waals surface area contributed by atoms with Crippen molar-refractivity contribution in [2.45, 2.75) is 38.1 Å². The fraction of sp³-hybridized carbons (Fsp3) is 0.429. The molecule has 1 heterocycles. The lowest BCUT2D eigenvalue weighted by molar-refractivity contribution is -0.145. The summed E-state index contributed by atoms with van der Waals surface area (Å²) >= 11 is 0. The molecule has 10 nitrogen and oxygen atoms in total. The van der Waals surface area contributed by atoms with E-state index in [9.17, 15) is 19.5 Å². The van der Waals surface area contributed by atoms with Crippen LogP contribution in [0.1, 0.15) is 30.5 Å². The molecule has 2 amide bonds. The third-order valence-corrected chi connectivity index (χ3v) is 4.59. The second-order valence-corrected chi connectivity index (χ2v) is 6.88. The van der Waals surface area contributed by atoms with Crippen LogP contribution in [-0.4, -0.2) is 59.7 Å². The number of hydrogen-bond donors (Lipinski definition) is 4. The van der Waals surface area contributed by atoms with Gasteiger partial charge in [0.25, 0.3) is 0 Å². The van der Waals surface area contributed by atoms with E-state index in [1.54, 1.807) is 18.3 Å². The number of benzene rings is 1. The van der Waals surface area contributed by atoms with Gasteiger partial charge in [0.2, 0.25) is 11.8 Å². The first kappa shape index (κ1) is 23.7. The number of esters is 1. The van der Waals surface area contributed by atoms with Crippen molar-refractivity contribution in [2.24, 2.45) is 0 Å². The number of aryl methyl sites for hydroxylation is 1. The van der Waals surface area contributed by atoms with Crippen molar-refractivity contribution in [3.8, 4) is 11.5 Å². The molecule has 1 atom stereocenters. The number of nitrogens with zero attached hydrogens (tertiary/aromatic N) is 1. The highest BCUT2D eigenvalue weighted by Gasteiger charge is 2.22. The summed E-state index contributed by atoms with van der Waals surface area (Å²) < 4.78 is 9.79. The van der Waals surface area contributed by atoms with Gasteiger partial charge in [-0.25, -0.2) is 9.78 Å². The predicted molar refractivity (Wildman–Crippen MR) is 111 cm³/mol. The summed E-state index contributed by atoms with van der Waals surface area (Å²) in [7, 11) is 2.73. The van der Waals surface area contributed by atoms with E-state index in [-0.39, 0.29) is 36.8 Å². The summed E-state index contributed by atoms with van der Waals surface area (Å²) in [5, 5.41) is 15.0. The number of imidazole rings is 1. The van der Waals surface area contributed by atoms with Gasteiger partial charge in [0, 0.05) is 37.7 Å². The number of nitrogens with one attached hydrogen (secondary N) is 3. The average molecular weight is 432 g/mol. The van der Waals surface area contributed by atoms with Crippen molar-refractivity contribution in [3.63, 3.8) is 0 Å². The van der Waals surface area contributed by atoms with Gasteiger partial charge in [-0.15, -0.1) is 0 Å². The molecular formula is C21H28N4O6. The maximum atomic E-state index is 12.2. The van der Waals surface area contributed by atoms with Gasteiger partial charge in [-0.05, 0) is 30.5 Å². The van der Waals surface area contributed by atoms with E-state index in [0.29, 0.717) is 30.8 Å². The summed E-state index contributed by atoms with van der Waals surface area (Å²) in [6.07, 6.45) is 4.68. The Hall–Kier alpha value is -3.56. The number of ether oxygens (including phenoxy) is 2. The first-order valence-corrected chi connectivity index (χ1v) is 9.90. The maximum Gasteiger partial charge on any atom is 0.328 e. The quantitative estimate of drug-likeness (QED) is 0.288. The smallest absolute Gasteiger partial charge is 0.328 e. The van der Waals surface area contributed by atoms with E-state index < -0.39 is 12.0 Å². The number of aromatic amines is 1. The molecule has 4 N–H and O–H groups in total. The predicted octanol–water partition coefficient (Wildman–Crippen LogP) is 0.853. The minimum Gasteiger partial charge on any atom is -0.504 e. The van der Waals surface area contributed by atoms with E-state index >= 15 is 0 Å². The molecule has 0 saturated heterocycles. The number of carbonyl (C=O) groups is 3. The van der Waals surface area contributed by atoms with Crippen LogP contribution in [0.3, 0.4) is 0 Å². The van der Waals surface area contributed by atoms with Crippen LogP contribution in [-0.2, 0) is 32.0 Å². The molecule has 0 radical (unpaired) electrons. The molecule has 0 aliphatic rings. The highest BCUT2D eigenvalue weighted by Crippen LogP contribution is 2.26. The van der Waals surface area contributed by atoms with Crippen LogP contribution in [0.2, 0.25) is 0 Å². The van der Waals surface area contributed by atoms with Gasteiger partial charge >= 0.3 is 5.97 Å². The Kier molecular flexibility index (Phi) is 9.34. The van der Waals surface area contributed by atoms with E-state index in [4.69, 9.17) is 9.47 Å². The molecule has 0 saturated carbocycles. The van der Waals surface area contributed by atoms with Crippen molar-refractivity contribution in [1.82, 2.24) is 20.6 Å². The SMILES string of the molecule is COC(=O)C(Cc1cnc[nH]1)NC(=O)CCCNC(=O)CCc1ccc(O)c(OC)c1. The van der Waals surface area contributed by atoms with Crippen molar-refractivity contribution in [2.75, 3.05) is 20.8 Å². The van der Waals surface area contributed by atoms with Crippen LogP contribution in [0.5, 0.6) is 11.5 Å². The van der Waals surface area contributed by atoms with Crippen LogP contribution in [0.4, 0.5) is 0 Å². The van der Waals surface area contributed by atoms with E-state index in [1.165, 1.54) is 26.6 Å². The minimum atomic E-state index is -0.810. The van der Waals surface area contributed by atoms with Gasteiger partial charge in [0.15, 0.2) is 11.5 Å². The molecule has 0 aliphatic heterocycles. The van der Waals surface area contributed by atoms with Crippen LogP contribution in [0.25, 0.3) is 0 Å². The summed E-state index contributed by atoms with van der Waals surface area (Å²) in [5.41, 5.74) is 1.57. The Morgan fingerprint density at radius 3 is 2.68 bits per heavy atom. The van der Waals surface area contributed by atoms with Crippen LogP contribution < -0.4 is 15.4 Å². The molecule has 0 spiro atoms. The first-order valence-electron chi connectivity index (χ1n) is 9.90. The zero-order chi connectivity index (χ0) is 22.6. The Bertz CT molecular complexity index is 869. The molecule has 0 fully saturated rings. The Morgan fingerprint density at radius 2 is 2.00 bits per heavy atom. The van der Waals surface area contributed by atoms with Gasteiger partial charge in [-0.3, -0.25) is 9.59 Å². The van der Waals surface area contributed by atoms with Crippen molar-refractivity contribution >= 4 is 17.8 Å². The van der Waals surface area contributed by atoms with Crippen molar-refractivity contribution < 1.29 is 29.0 Å². The zero-order valence-electron chi connectivity index (χ0n) is 17.6. The number of phenolic OH excluding ortho intramolecular Hbond substituents is 1. The number of aromatic nitrogens is 2. The third-order valence-electron chi connectivity index (χ3n) is 4.59. The third kappa shape index (κ3) is 8.00. The highest BCUT2D eigenvalue weighted by atomic mass is 16.5.